The van der Waals surface area contributed by atoms with E-state index in [0.717, 1.165) is 40.7 Å². The summed E-state index contributed by atoms with van der Waals surface area (Å²) in [6.07, 6.45) is 4.99. The summed E-state index contributed by atoms with van der Waals surface area (Å²) in [6, 6.07) is 7.79. The Morgan fingerprint density at radius 1 is 1.20 bits per heavy atom. The molecule has 154 valence electrons. The number of aliphatic imine (C=N–C) groups is 1. The van der Waals surface area contributed by atoms with Crippen LogP contribution in [0.15, 0.2) is 41.7 Å². The average Bonchev–Trinajstić information content (AvgIpc) is 3.38. The molecule has 0 bridgehead atoms. The molecule has 1 aromatic carbocycles. The Hall–Kier alpha value is -2.77. The van der Waals surface area contributed by atoms with Crippen molar-refractivity contribution in [2.75, 3.05) is 11.4 Å². The molecule has 1 saturated carbocycles. The van der Waals surface area contributed by atoms with Crippen molar-refractivity contribution in [2.45, 2.75) is 31.3 Å². The van der Waals surface area contributed by atoms with Crippen molar-refractivity contribution in [1.82, 2.24) is 9.55 Å². The van der Waals surface area contributed by atoms with Gasteiger partial charge in [0.05, 0.1) is 35.4 Å². The molecule has 0 radical (unpaired) electrons. The molecule has 1 amide bonds. The van der Waals surface area contributed by atoms with Gasteiger partial charge in [0.25, 0.3) is 0 Å². The third-order valence-corrected chi connectivity index (χ3v) is 6.46. The zero-order chi connectivity index (χ0) is 21.0. The number of aromatic nitrogens is 2. The largest absolute Gasteiger partial charge is 0.370 e. The van der Waals surface area contributed by atoms with E-state index < -0.39 is 5.41 Å². The molecule has 7 nitrogen and oxygen atoms in total. The molecule has 4 N–H and O–H groups in total. The van der Waals surface area contributed by atoms with Crippen molar-refractivity contribution < 1.29 is 4.79 Å². The monoisotopic (exact) mass is 442 g/mol. The van der Waals surface area contributed by atoms with Gasteiger partial charge >= 0.3 is 0 Å². The summed E-state index contributed by atoms with van der Waals surface area (Å²) in [7, 11) is 0. The highest BCUT2D eigenvalue weighted by Crippen LogP contribution is 2.59. The second kappa shape index (κ2) is 6.89. The summed E-state index contributed by atoms with van der Waals surface area (Å²) in [5.74, 6) is 0.141. The molecular weight excluding hydrogens is 423 g/mol. The highest BCUT2D eigenvalue weighted by Gasteiger charge is 2.60. The van der Waals surface area contributed by atoms with Gasteiger partial charge in [0, 0.05) is 39.9 Å². The first kappa shape index (κ1) is 19.2. The van der Waals surface area contributed by atoms with Gasteiger partial charge in [-0.25, -0.2) is 0 Å². The van der Waals surface area contributed by atoms with Crippen molar-refractivity contribution in [3.8, 4) is 0 Å². The summed E-state index contributed by atoms with van der Waals surface area (Å²) in [5, 5.41) is 2.21. The van der Waals surface area contributed by atoms with Crippen molar-refractivity contribution in [3.63, 3.8) is 0 Å². The Balaban J connectivity index is 1.56. The predicted molar refractivity (Wildman–Crippen MR) is 119 cm³/mol. The van der Waals surface area contributed by atoms with Crippen molar-refractivity contribution in [1.29, 1.82) is 0 Å². The molecule has 30 heavy (non-hydrogen) atoms. The molecule has 1 fully saturated rings. The number of pyridine rings is 1. The third kappa shape index (κ3) is 2.92. The van der Waals surface area contributed by atoms with E-state index >= 15 is 0 Å². The maximum Gasteiger partial charge on any atom is 0.238 e. The lowest BCUT2D eigenvalue weighted by molar-refractivity contribution is -0.120. The number of anilines is 1. The van der Waals surface area contributed by atoms with Gasteiger partial charge in [0.15, 0.2) is 5.96 Å². The second-order valence-electron chi connectivity index (χ2n) is 7.79. The van der Waals surface area contributed by atoms with Gasteiger partial charge in [0.1, 0.15) is 0 Å². The summed E-state index contributed by atoms with van der Waals surface area (Å²) in [5.41, 5.74) is 14.2. The Morgan fingerprint density at radius 3 is 2.73 bits per heavy atom. The molecule has 0 saturated heterocycles. The van der Waals surface area contributed by atoms with E-state index in [1.165, 1.54) is 0 Å². The first-order valence-electron chi connectivity index (χ1n) is 9.70. The Morgan fingerprint density at radius 2 is 2.00 bits per heavy atom. The standard InChI is InChI=1S/C21H20Cl2N6O/c22-13-1-2-16-12(7-13)8-14(28(16)6-5-27-20(24)25)11-29-17-10-26-9-15(23)18(17)21(3-4-21)19(29)30/h1-2,7-10H,3-6,11H2,(H4,24,25,27). The maximum absolute atomic E-state index is 13.3. The van der Waals surface area contributed by atoms with Gasteiger partial charge in [-0.05, 0) is 37.1 Å². The number of amides is 1. The minimum atomic E-state index is -0.478. The molecule has 2 aliphatic rings. The lowest BCUT2D eigenvalue weighted by Crippen LogP contribution is -2.32. The summed E-state index contributed by atoms with van der Waals surface area (Å²) >= 11 is 12.6. The van der Waals surface area contributed by atoms with Crippen molar-refractivity contribution in [3.05, 3.63) is 58.0 Å². The van der Waals surface area contributed by atoms with Crippen molar-refractivity contribution in [2.24, 2.45) is 16.5 Å². The minimum Gasteiger partial charge on any atom is -0.370 e. The van der Waals surface area contributed by atoms with Gasteiger partial charge in [-0.2, -0.15) is 0 Å². The SMILES string of the molecule is NC(N)=NCCn1c(CN2C(=O)C3(CC3)c3c(Cl)cncc32)cc2cc(Cl)ccc21. The number of hydrogen-bond donors (Lipinski definition) is 2. The number of carbonyl (C=O) groups excluding carboxylic acids is 1. The molecule has 0 unspecified atom stereocenters. The number of nitrogens with zero attached hydrogens (tertiary/aromatic N) is 4. The van der Waals surface area contributed by atoms with Crippen molar-refractivity contribution >= 4 is 51.7 Å². The van der Waals surface area contributed by atoms with Gasteiger partial charge in [-0.1, -0.05) is 23.2 Å². The summed E-state index contributed by atoms with van der Waals surface area (Å²) in [6.45, 7) is 1.42. The van der Waals surface area contributed by atoms with E-state index in [9.17, 15) is 4.79 Å². The van der Waals surface area contributed by atoms with Crippen LogP contribution in [0, 0.1) is 0 Å². The van der Waals surface area contributed by atoms with E-state index in [1.807, 2.05) is 18.2 Å². The predicted octanol–water partition coefficient (Wildman–Crippen LogP) is 3.19. The van der Waals surface area contributed by atoms with Crippen LogP contribution in [-0.2, 0) is 23.3 Å². The topological polar surface area (TPSA) is 103 Å². The van der Waals surface area contributed by atoms with Gasteiger partial charge in [-0.15, -0.1) is 0 Å². The fourth-order valence-electron chi connectivity index (χ4n) is 4.46. The molecule has 3 heterocycles. The number of rotatable bonds is 5. The van der Waals surface area contributed by atoms with Crippen LogP contribution in [0.3, 0.4) is 0 Å². The van der Waals surface area contributed by atoms with Gasteiger partial charge < -0.3 is 20.9 Å². The van der Waals surface area contributed by atoms with Crippen LogP contribution in [0.2, 0.25) is 10.0 Å². The molecule has 1 aliphatic carbocycles. The van der Waals surface area contributed by atoms with Crippen LogP contribution in [0.1, 0.15) is 24.1 Å². The summed E-state index contributed by atoms with van der Waals surface area (Å²) in [4.78, 5) is 23.5. The number of fused-ring (bicyclic) bond motifs is 3. The fourth-order valence-corrected chi connectivity index (χ4v) is 4.97. The lowest BCUT2D eigenvalue weighted by Gasteiger charge is -2.19. The number of carbonyl (C=O) groups is 1. The molecule has 1 aliphatic heterocycles. The van der Waals surface area contributed by atoms with E-state index in [-0.39, 0.29) is 11.9 Å². The van der Waals surface area contributed by atoms with Gasteiger partial charge in [0.2, 0.25) is 5.91 Å². The number of benzene rings is 1. The van der Waals surface area contributed by atoms with Crippen LogP contribution in [0.5, 0.6) is 0 Å². The van der Waals surface area contributed by atoms with Crippen LogP contribution in [-0.4, -0.2) is 28.0 Å². The highest BCUT2D eigenvalue weighted by atomic mass is 35.5. The first-order valence-corrected chi connectivity index (χ1v) is 10.5. The first-order chi connectivity index (χ1) is 14.4. The molecule has 3 aromatic rings. The minimum absolute atomic E-state index is 0.0519. The number of hydrogen-bond acceptors (Lipinski definition) is 3. The van der Waals surface area contributed by atoms with Gasteiger partial charge in [-0.3, -0.25) is 14.8 Å². The second-order valence-corrected chi connectivity index (χ2v) is 8.63. The molecule has 2 aromatic heterocycles. The number of halogens is 2. The van der Waals surface area contributed by atoms with E-state index in [4.69, 9.17) is 34.7 Å². The van der Waals surface area contributed by atoms with E-state index in [0.29, 0.717) is 29.7 Å². The number of guanidine groups is 1. The fraction of sp³-hybridized carbons (Fsp3) is 0.286. The Kier molecular flexibility index (Phi) is 4.41. The van der Waals surface area contributed by atoms with Crippen LogP contribution in [0.25, 0.3) is 10.9 Å². The molecular formula is C21H20Cl2N6O. The van der Waals surface area contributed by atoms with E-state index in [1.54, 1.807) is 17.3 Å². The average molecular weight is 443 g/mol. The Bertz CT molecular complexity index is 1210. The Labute approximate surface area is 183 Å². The lowest BCUT2D eigenvalue weighted by atomic mass is 9.99. The van der Waals surface area contributed by atoms with Crippen LogP contribution < -0.4 is 16.4 Å². The van der Waals surface area contributed by atoms with Crippen LogP contribution >= 0.6 is 23.2 Å². The zero-order valence-electron chi connectivity index (χ0n) is 16.1. The molecule has 5 rings (SSSR count). The molecule has 0 atom stereocenters. The molecule has 1 spiro atoms. The summed E-state index contributed by atoms with van der Waals surface area (Å²) < 4.78 is 2.13. The normalized spacial score (nSPS) is 16.3. The maximum atomic E-state index is 13.3. The van der Waals surface area contributed by atoms with E-state index in [2.05, 4.69) is 20.6 Å². The molecule has 9 heteroatoms. The quantitative estimate of drug-likeness (QED) is 0.467. The van der Waals surface area contributed by atoms with Crippen LogP contribution in [0.4, 0.5) is 5.69 Å². The third-order valence-electron chi connectivity index (χ3n) is 5.94. The zero-order valence-corrected chi connectivity index (χ0v) is 17.6. The smallest absolute Gasteiger partial charge is 0.238 e. The highest BCUT2D eigenvalue weighted by molar-refractivity contribution is 6.33. The number of nitrogens with two attached hydrogens (primary N) is 2.